The van der Waals surface area contributed by atoms with Gasteiger partial charge in [0, 0.05) is 16.1 Å². The van der Waals surface area contributed by atoms with E-state index < -0.39 is 0 Å². The molecule has 0 aliphatic heterocycles. The van der Waals surface area contributed by atoms with E-state index in [1.165, 1.54) is 31.2 Å². The molecule has 0 aromatic heterocycles. The smallest absolute Gasteiger partial charge is 0.0453 e. The van der Waals surface area contributed by atoms with Gasteiger partial charge in [-0.3, -0.25) is 0 Å². The van der Waals surface area contributed by atoms with Crippen LogP contribution in [0.5, 0.6) is 0 Å². The fourth-order valence-electron chi connectivity index (χ4n) is 2.74. The molecule has 3 heteroatoms. The van der Waals surface area contributed by atoms with Crippen LogP contribution in [0.15, 0.2) is 18.2 Å². The summed E-state index contributed by atoms with van der Waals surface area (Å²) >= 11 is 12.1. The van der Waals surface area contributed by atoms with Gasteiger partial charge in [0.25, 0.3) is 0 Å². The Morgan fingerprint density at radius 1 is 1.21 bits per heavy atom. The minimum absolute atomic E-state index is 0.539. The highest BCUT2D eigenvalue weighted by Gasteiger charge is 2.26. The SMILES string of the molecule is CC1(C)CCC(NCCc2ccc(Cl)cc2Cl)CC1. The summed E-state index contributed by atoms with van der Waals surface area (Å²) in [4.78, 5) is 0. The van der Waals surface area contributed by atoms with Crippen molar-refractivity contribution in [1.82, 2.24) is 5.32 Å². The summed E-state index contributed by atoms with van der Waals surface area (Å²) in [6, 6.07) is 6.43. The van der Waals surface area contributed by atoms with Crippen LogP contribution in [0.3, 0.4) is 0 Å². The maximum atomic E-state index is 6.18. The second kappa shape index (κ2) is 6.47. The van der Waals surface area contributed by atoms with Crippen LogP contribution in [-0.4, -0.2) is 12.6 Å². The minimum Gasteiger partial charge on any atom is -0.314 e. The average molecular weight is 300 g/mol. The molecule has 1 nitrogen and oxygen atoms in total. The Balaban J connectivity index is 1.75. The Morgan fingerprint density at radius 2 is 1.89 bits per heavy atom. The second-order valence-corrected chi connectivity index (χ2v) is 7.22. The van der Waals surface area contributed by atoms with Crippen molar-refractivity contribution in [2.75, 3.05) is 6.54 Å². The molecule has 1 aromatic rings. The van der Waals surface area contributed by atoms with Gasteiger partial charge < -0.3 is 5.32 Å². The van der Waals surface area contributed by atoms with Crippen molar-refractivity contribution >= 4 is 23.2 Å². The normalized spacial score (nSPS) is 19.6. The highest BCUT2D eigenvalue weighted by Crippen LogP contribution is 2.34. The Morgan fingerprint density at radius 3 is 2.53 bits per heavy atom. The average Bonchev–Trinajstić information content (AvgIpc) is 2.34. The zero-order chi connectivity index (χ0) is 13.9. The van der Waals surface area contributed by atoms with E-state index in [4.69, 9.17) is 23.2 Å². The zero-order valence-electron chi connectivity index (χ0n) is 11.8. The third kappa shape index (κ3) is 4.66. The molecule has 0 radical (unpaired) electrons. The molecule has 2 rings (SSSR count). The summed E-state index contributed by atoms with van der Waals surface area (Å²) in [6.45, 7) is 5.74. The molecular weight excluding hydrogens is 277 g/mol. The van der Waals surface area contributed by atoms with E-state index in [2.05, 4.69) is 19.2 Å². The van der Waals surface area contributed by atoms with Crippen LogP contribution in [0.2, 0.25) is 10.0 Å². The van der Waals surface area contributed by atoms with E-state index in [9.17, 15) is 0 Å². The fraction of sp³-hybridized carbons (Fsp3) is 0.625. The summed E-state index contributed by atoms with van der Waals surface area (Å²) in [5.41, 5.74) is 1.72. The van der Waals surface area contributed by atoms with E-state index in [1.54, 1.807) is 0 Å². The summed E-state index contributed by atoms with van der Waals surface area (Å²) in [5.74, 6) is 0. The van der Waals surface area contributed by atoms with Gasteiger partial charge in [0.2, 0.25) is 0 Å². The largest absolute Gasteiger partial charge is 0.314 e. The molecular formula is C16H23Cl2N. The van der Waals surface area contributed by atoms with Crippen LogP contribution in [0.4, 0.5) is 0 Å². The van der Waals surface area contributed by atoms with Crippen LogP contribution in [0.1, 0.15) is 45.1 Å². The number of hydrogen-bond acceptors (Lipinski definition) is 1. The first-order valence-electron chi connectivity index (χ1n) is 7.14. The van der Waals surface area contributed by atoms with Gasteiger partial charge in [0.05, 0.1) is 0 Å². The number of nitrogens with one attached hydrogen (secondary N) is 1. The fourth-order valence-corrected chi connectivity index (χ4v) is 3.24. The standard InChI is InChI=1S/C16H23Cl2N/c1-16(2)8-5-14(6-9-16)19-10-7-12-3-4-13(17)11-15(12)18/h3-4,11,14,19H,5-10H2,1-2H3. The van der Waals surface area contributed by atoms with E-state index in [0.29, 0.717) is 16.5 Å². The Hall–Kier alpha value is -0.240. The van der Waals surface area contributed by atoms with Crippen molar-refractivity contribution < 1.29 is 0 Å². The van der Waals surface area contributed by atoms with Gasteiger partial charge in [-0.2, -0.15) is 0 Å². The molecule has 0 unspecified atom stereocenters. The molecule has 1 aliphatic carbocycles. The first kappa shape index (κ1) is 15.2. The highest BCUT2D eigenvalue weighted by atomic mass is 35.5. The Kier molecular flexibility index (Phi) is 5.16. The highest BCUT2D eigenvalue weighted by molar-refractivity contribution is 6.35. The lowest BCUT2D eigenvalue weighted by atomic mass is 9.75. The van der Waals surface area contributed by atoms with Crippen molar-refractivity contribution in [3.63, 3.8) is 0 Å². The van der Waals surface area contributed by atoms with Crippen molar-refractivity contribution in [3.8, 4) is 0 Å². The minimum atomic E-state index is 0.539. The van der Waals surface area contributed by atoms with E-state index in [1.807, 2.05) is 18.2 Å². The number of rotatable bonds is 4. The van der Waals surface area contributed by atoms with Crippen molar-refractivity contribution in [2.45, 2.75) is 52.0 Å². The molecule has 106 valence electrons. The maximum absolute atomic E-state index is 6.18. The topological polar surface area (TPSA) is 12.0 Å². The molecule has 1 aliphatic rings. The van der Waals surface area contributed by atoms with Crippen LogP contribution in [0.25, 0.3) is 0 Å². The summed E-state index contributed by atoms with van der Waals surface area (Å²) in [6.07, 6.45) is 6.21. The van der Waals surface area contributed by atoms with Crippen LogP contribution >= 0.6 is 23.2 Å². The third-order valence-electron chi connectivity index (χ3n) is 4.18. The molecule has 0 atom stereocenters. The molecule has 0 spiro atoms. The number of halogens is 2. The Bertz CT molecular complexity index is 419. The third-order valence-corrected chi connectivity index (χ3v) is 4.77. The lowest BCUT2D eigenvalue weighted by Crippen LogP contribution is -2.36. The van der Waals surface area contributed by atoms with Gasteiger partial charge in [-0.05, 0) is 61.8 Å². The van der Waals surface area contributed by atoms with E-state index in [-0.39, 0.29) is 0 Å². The van der Waals surface area contributed by atoms with Gasteiger partial charge in [0.1, 0.15) is 0 Å². The number of hydrogen-bond donors (Lipinski definition) is 1. The van der Waals surface area contributed by atoms with Gasteiger partial charge in [-0.25, -0.2) is 0 Å². The van der Waals surface area contributed by atoms with E-state index >= 15 is 0 Å². The van der Waals surface area contributed by atoms with Gasteiger partial charge >= 0.3 is 0 Å². The quantitative estimate of drug-likeness (QED) is 0.816. The first-order chi connectivity index (χ1) is 8.96. The van der Waals surface area contributed by atoms with Crippen LogP contribution in [-0.2, 0) is 6.42 Å². The van der Waals surface area contributed by atoms with Crippen LogP contribution < -0.4 is 5.32 Å². The molecule has 1 saturated carbocycles. The van der Waals surface area contributed by atoms with Gasteiger partial charge in [0.15, 0.2) is 0 Å². The Labute approximate surface area is 126 Å². The molecule has 19 heavy (non-hydrogen) atoms. The molecule has 0 bridgehead atoms. The van der Waals surface area contributed by atoms with Gasteiger partial charge in [-0.1, -0.05) is 43.1 Å². The predicted octanol–water partition coefficient (Wildman–Crippen LogP) is 5.09. The monoisotopic (exact) mass is 299 g/mol. The lowest BCUT2D eigenvalue weighted by Gasteiger charge is -2.34. The molecule has 0 heterocycles. The molecule has 1 aromatic carbocycles. The predicted molar refractivity (Wildman–Crippen MR) is 84.2 cm³/mol. The molecule has 1 fully saturated rings. The number of benzene rings is 1. The van der Waals surface area contributed by atoms with Gasteiger partial charge in [-0.15, -0.1) is 0 Å². The lowest BCUT2D eigenvalue weighted by molar-refractivity contribution is 0.207. The van der Waals surface area contributed by atoms with Crippen molar-refractivity contribution in [2.24, 2.45) is 5.41 Å². The molecule has 0 saturated heterocycles. The summed E-state index contributed by atoms with van der Waals surface area (Å²) < 4.78 is 0. The summed E-state index contributed by atoms with van der Waals surface area (Å²) in [7, 11) is 0. The van der Waals surface area contributed by atoms with E-state index in [0.717, 1.165) is 18.0 Å². The summed E-state index contributed by atoms with van der Waals surface area (Å²) in [5, 5.41) is 5.14. The molecule has 1 N–H and O–H groups in total. The zero-order valence-corrected chi connectivity index (χ0v) is 13.3. The second-order valence-electron chi connectivity index (χ2n) is 6.38. The van der Waals surface area contributed by atoms with Crippen LogP contribution in [0, 0.1) is 5.41 Å². The van der Waals surface area contributed by atoms with Crippen molar-refractivity contribution in [3.05, 3.63) is 33.8 Å². The molecule has 0 amide bonds. The maximum Gasteiger partial charge on any atom is 0.0453 e. The van der Waals surface area contributed by atoms with Crippen molar-refractivity contribution in [1.29, 1.82) is 0 Å². The first-order valence-corrected chi connectivity index (χ1v) is 7.89.